The maximum absolute atomic E-state index is 4.82. The normalized spacial score (nSPS) is 11.0. The summed E-state index contributed by atoms with van der Waals surface area (Å²) in [5.41, 5.74) is 6.79. The van der Waals surface area contributed by atoms with Gasteiger partial charge in [0.1, 0.15) is 5.52 Å². The molecule has 2 aromatic carbocycles. The first kappa shape index (κ1) is 17.6. The molecule has 0 aliphatic rings. The van der Waals surface area contributed by atoms with E-state index in [2.05, 4.69) is 71.6 Å². The van der Waals surface area contributed by atoms with Crippen LogP contribution in [0.5, 0.6) is 0 Å². The second-order valence-corrected chi connectivity index (χ2v) is 7.49. The van der Waals surface area contributed by atoms with Gasteiger partial charge in [-0.05, 0) is 35.7 Å². The number of benzene rings is 2. The van der Waals surface area contributed by atoms with Crippen LogP contribution < -0.4 is 0 Å². The lowest BCUT2D eigenvalue weighted by Crippen LogP contribution is -2.02. The van der Waals surface area contributed by atoms with E-state index in [1.807, 2.05) is 24.4 Å². The third-order valence-electron chi connectivity index (χ3n) is 4.51. The smallest absolute Gasteiger partial charge is 0.170 e. The van der Waals surface area contributed by atoms with E-state index in [0.29, 0.717) is 0 Å². The number of fused-ring (bicyclic) bond motifs is 1. The first-order valence-electron chi connectivity index (χ1n) is 8.94. The van der Waals surface area contributed by atoms with Gasteiger partial charge in [-0.25, -0.2) is 9.97 Å². The monoisotopic (exact) mass is 371 g/mol. The van der Waals surface area contributed by atoms with Crippen LogP contribution in [-0.4, -0.2) is 14.5 Å². The lowest BCUT2D eigenvalue weighted by Gasteiger charge is -2.09. The molecule has 0 unspecified atom stereocenters. The van der Waals surface area contributed by atoms with Gasteiger partial charge >= 0.3 is 0 Å². The highest BCUT2D eigenvalue weighted by molar-refractivity contribution is 7.98. The van der Waals surface area contributed by atoms with Crippen LogP contribution in [0.4, 0.5) is 0 Å². The van der Waals surface area contributed by atoms with Crippen LogP contribution in [0.25, 0.3) is 17.2 Å². The van der Waals surface area contributed by atoms with Crippen molar-refractivity contribution in [3.8, 4) is 0 Å². The Kier molecular flexibility index (Phi) is 5.07. The van der Waals surface area contributed by atoms with Gasteiger partial charge in [-0.3, -0.25) is 4.57 Å². The molecule has 4 heteroatoms. The predicted octanol–water partition coefficient (Wildman–Crippen LogP) is 5.72. The van der Waals surface area contributed by atoms with Crippen molar-refractivity contribution in [3.63, 3.8) is 0 Å². The van der Waals surface area contributed by atoms with Crippen LogP contribution in [0.2, 0.25) is 0 Å². The zero-order valence-corrected chi connectivity index (χ0v) is 16.1. The fourth-order valence-corrected chi connectivity index (χ4v) is 3.92. The predicted molar refractivity (Wildman–Crippen MR) is 114 cm³/mol. The van der Waals surface area contributed by atoms with Crippen LogP contribution in [0, 0.1) is 6.92 Å². The highest BCUT2D eigenvalue weighted by Crippen LogP contribution is 2.27. The van der Waals surface area contributed by atoms with Gasteiger partial charge in [0, 0.05) is 11.9 Å². The summed E-state index contributed by atoms with van der Waals surface area (Å²) in [7, 11) is 0. The van der Waals surface area contributed by atoms with Crippen molar-refractivity contribution < 1.29 is 0 Å². The molecule has 4 rings (SSSR count). The van der Waals surface area contributed by atoms with E-state index >= 15 is 0 Å². The number of rotatable bonds is 6. The molecule has 0 aliphatic heterocycles. The van der Waals surface area contributed by atoms with Gasteiger partial charge in [0.15, 0.2) is 10.8 Å². The van der Waals surface area contributed by atoms with Crippen LogP contribution in [0.3, 0.4) is 0 Å². The summed E-state index contributed by atoms with van der Waals surface area (Å²) < 4.78 is 2.21. The summed E-state index contributed by atoms with van der Waals surface area (Å²) in [6, 6.07) is 21.1. The van der Waals surface area contributed by atoms with E-state index in [4.69, 9.17) is 4.98 Å². The van der Waals surface area contributed by atoms with Crippen molar-refractivity contribution in [2.24, 2.45) is 0 Å². The summed E-state index contributed by atoms with van der Waals surface area (Å²) in [6.45, 7) is 6.68. The number of thioether (sulfide) groups is 1. The van der Waals surface area contributed by atoms with Gasteiger partial charge in [-0.15, -0.1) is 0 Å². The highest BCUT2D eigenvalue weighted by atomic mass is 32.2. The molecule has 2 aromatic heterocycles. The summed E-state index contributed by atoms with van der Waals surface area (Å²) in [5, 5.41) is 0.997. The topological polar surface area (TPSA) is 30.7 Å². The van der Waals surface area contributed by atoms with E-state index in [0.717, 1.165) is 34.2 Å². The largest absolute Gasteiger partial charge is 0.299 e. The molecule has 0 fully saturated rings. The summed E-state index contributed by atoms with van der Waals surface area (Å²) in [5.74, 6) is 0.888. The van der Waals surface area contributed by atoms with Crippen LogP contribution in [0.1, 0.15) is 22.3 Å². The summed E-state index contributed by atoms with van der Waals surface area (Å²) in [6.07, 6.45) is 3.69. The van der Waals surface area contributed by atoms with Crippen LogP contribution in [0.15, 0.2) is 78.6 Å². The molecular weight excluding hydrogens is 350 g/mol. The van der Waals surface area contributed by atoms with Crippen molar-refractivity contribution in [3.05, 3.63) is 95.7 Å². The lowest BCUT2D eigenvalue weighted by molar-refractivity contribution is 0.724. The molecule has 27 heavy (non-hydrogen) atoms. The summed E-state index contributed by atoms with van der Waals surface area (Å²) >= 11 is 1.75. The lowest BCUT2D eigenvalue weighted by atomic mass is 10.1. The first-order valence-corrected chi connectivity index (χ1v) is 9.92. The van der Waals surface area contributed by atoms with Crippen molar-refractivity contribution in [1.29, 1.82) is 0 Å². The quantitative estimate of drug-likeness (QED) is 0.406. The Morgan fingerprint density at radius 1 is 1.00 bits per heavy atom. The van der Waals surface area contributed by atoms with Crippen molar-refractivity contribution >= 4 is 29.0 Å². The van der Waals surface area contributed by atoms with Crippen LogP contribution in [-0.2, 0) is 12.3 Å². The molecule has 0 aliphatic carbocycles. The van der Waals surface area contributed by atoms with E-state index in [9.17, 15) is 0 Å². The van der Waals surface area contributed by atoms with Gasteiger partial charge in [-0.1, -0.05) is 78.5 Å². The van der Waals surface area contributed by atoms with Gasteiger partial charge < -0.3 is 0 Å². The fourth-order valence-electron chi connectivity index (χ4n) is 2.96. The Hall–Kier alpha value is -2.85. The third-order valence-corrected chi connectivity index (χ3v) is 5.56. The molecule has 0 N–H and O–H groups in total. The zero-order valence-electron chi connectivity index (χ0n) is 15.3. The van der Waals surface area contributed by atoms with Gasteiger partial charge in [-0.2, -0.15) is 0 Å². The molecule has 0 spiro atoms. The van der Waals surface area contributed by atoms with E-state index in [-0.39, 0.29) is 0 Å². The number of hydrogen-bond donors (Lipinski definition) is 0. The number of imidazole rings is 1. The second-order valence-electron chi connectivity index (χ2n) is 6.55. The Balaban J connectivity index is 1.63. The standard InChI is InChI=1S/C23H21N3S/c1-3-18-10-12-19(13-11-18)15-26-22-21(5-4-14-24-22)25-23(26)27-16-20-8-6-17(2)7-9-20/h3-14H,1,15-16H2,2H3. The van der Waals surface area contributed by atoms with Crippen molar-refractivity contribution in [2.75, 3.05) is 0 Å². The Labute approximate surface area is 163 Å². The third kappa shape index (κ3) is 3.96. The van der Waals surface area contributed by atoms with Crippen molar-refractivity contribution in [1.82, 2.24) is 14.5 Å². The molecule has 2 heterocycles. The first-order chi connectivity index (χ1) is 13.2. The average Bonchev–Trinajstić information content (AvgIpc) is 3.06. The maximum atomic E-state index is 4.82. The molecular formula is C23H21N3S. The molecule has 0 radical (unpaired) electrons. The Morgan fingerprint density at radius 2 is 1.74 bits per heavy atom. The van der Waals surface area contributed by atoms with E-state index in [1.54, 1.807) is 11.8 Å². The van der Waals surface area contributed by atoms with E-state index in [1.165, 1.54) is 16.7 Å². The average molecular weight is 372 g/mol. The molecule has 0 saturated heterocycles. The molecule has 0 saturated carbocycles. The second kappa shape index (κ2) is 7.80. The number of aryl methyl sites for hydroxylation is 1. The van der Waals surface area contributed by atoms with Gasteiger partial charge in [0.2, 0.25) is 0 Å². The zero-order chi connectivity index (χ0) is 18.6. The minimum absolute atomic E-state index is 0.751. The van der Waals surface area contributed by atoms with E-state index < -0.39 is 0 Å². The Morgan fingerprint density at radius 3 is 2.48 bits per heavy atom. The molecule has 0 atom stereocenters. The molecule has 134 valence electrons. The number of pyridine rings is 1. The minimum Gasteiger partial charge on any atom is -0.299 e. The SMILES string of the molecule is C=Cc1ccc(Cn2c(SCc3ccc(C)cc3)nc3cccnc32)cc1. The molecule has 3 nitrogen and oxygen atoms in total. The fraction of sp³-hybridized carbons (Fsp3) is 0.130. The Bertz CT molecular complexity index is 1060. The van der Waals surface area contributed by atoms with Crippen LogP contribution >= 0.6 is 11.8 Å². The van der Waals surface area contributed by atoms with Gasteiger partial charge in [0.25, 0.3) is 0 Å². The number of hydrogen-bond acceptors (Lipinski definition) is 3. The maximum Gasteiger partial charge on any atom is 0.170 e. The highest BCUT2D eigenvalue weighted by Gasteiger charge is 2.13. The number of nitrogens with zero attached hydrogens (tertiary/aromatic N) is 3. The molecule has 4 aromatic rings. The molecule has 0 bridgehead atoms. The van der Waals surface area contributed by atoms with Crippen molar-refractivity contribution in [2.45, 2.75) is 24.4 Å². The minimum atomic E-state index is 0.751. The molecule has 0 amide bonds. The summed E-state index contributed by atoms with van der Waals surface area (Å²) in [4.78, 5) is 9.39. The number of aromatic nitrogens is 3. The van der Waals surface area contributed by atoms with Gasteiger partial charge in [0.05, 0.1) is 6.54 Å².